The Balaban J connectivity index is 1.33. The minimum absolute atomic E-state index is 0.0575. The minimum Gasteiger partial charge on any atom is -0.495 e. The summed E-state index contributed by atoms with van der Waals surface area (Å²) >= 11 is 1.39. The van der Waals surface area contributed by atoms with Crippen LogP contribution in [-0.2, 0) is 16.4 Å². The van der Waals surface area contributed by atoms with Crippen LogP contribution in [0.5, 0.6) is 5.75 Å². The lowest BCUT2D eigenvalue weighted by molar-refractivity contribution is 0.0949. The van der Waals surface area contributed by atoms with Gasteiger partial charge >= 0.3 is 0 Å². The number of thiazole rings is 1. The number of hydrogen-bond donors (Lipinski definition) is 2. The summed E-state index contributed by atoms with van der Waals surface area (Å²) in [6.45, 7) is 0.222. The van der Waals surface area contributed by atoms with Crippen molar-refractivity contribution >= 4 is 38.7 Å². The van der Waals surface area contributed by atoms with E-state index in [0.29, 0.717) is 16.5 Å². The van der Waals surface area contributed by atoms with Crippen LogP contribution in [0, 0.1) is 0 Å². The van der Waals surface area contributed by atoms with Crippen molar-refractivity contribution in [3.8, 4) is 16.5 Å². The predicted molar refractivity (Wildman–Crippen MR) is 129 cm³/mol. The largest absolute Gasteiger partial charge is 0.495 e. The Hall–Kier alpha value is -4.09. The molecule has 5 rings (SSSR count). The molecule has 2 N–H and O–H groups in total. The SMILES string of the molecule is COc1ccc(-c2ncc(CNC(=O)c3ccc4c(c3)NC(=O)c3ccccc3S4(=O)=O)s2)nc1. The summed E-state index contributed by atoms with van der Waals surface area (Å²) < 4.78 is 31.3. The number of rotatable bonds is 5. The maximum absolute atomic E-state index is 13.1. The Morgan fingerprint density at radius 2 is 1.89 bits per heavy atom. The highest BCUT2D eigenvalue weighted by atomic mass is 32.2. The summed E-state index contributed by atoms with van der Waals surface area (Å²) in [5, 5.41) is 6.11. The van der Waals surface area contributed by atoms with E-state index in [0.717, 1.165) is 4.88 Å². The van der Waals surface area contributed by atoms with Gasteiger partial charge in [0.25, 0.3) is 11.8 Å². The third-order valence-electron chi connectivity index (χ3n) is 5.37. The molecule has 0 bridgehead atoms. The van der Waals surface area contributed by atoms with Gasteiger partial charge in [-0.15, -0.1) is 11.3 Å². The van der Waals surface area contributed by atoms with Gasteiger partial charge in [0.2, 0.25) is 9.84 Å². The molecule has 0 spiro atoms. The Morgan fingerprint density at radius 3 is 2.66 bits per heavy atom. The first-order valence-electron chi connectivity index (χ1n) is 10.4. The van der Waals surface area contributed by atoms with E-state index in [1.807, 2.05) is 0 Å². The van der Waals surface area contributed by atoms with Gasteiger partial charge in [0.05, 0.1) is 46.6 Å². The molecule has 4 aromatic rings. The minimum atomic E-state index is -3.93. The molecule has 0 atom stereocenters. The Morgan fingerprint density at radius 1 is 1.06 bits per heavy atom. The van der Waals surface area contributed by atoms with Crippen molar-refractivity contribution in [2.75, 3.05) is 12.4 Å². The summed E-state index contributed by atoms with van der Waals surface area (Å²) in [6, 6.07) is 13.7. The van der Waals surface area contributed by atoms with Gasteiger partial charge in [0.1, 0.15) is 10.8 Å². The molecule has 11 heteroatoms. The van der Waals surface area contributed by atoms with E-state index in [2.05, 4.69) is 20.6 Å². The fourth-order valence-corrected chi connectivity index (χ4v) is 6.02. The number of hydrogen-bond acceptors (Lipinski definition) is 8. The molecule has 1 aliphatic rings. The first-order chi connectivity index (χ1) is 16.9. The van der Waals surface area contributed by atoms with E-state index in [1.165, 1.54) is 41.7 Å². The molecule has 0 radical (unpaired) electrons. The van der Waals surface area contributed by atoms with E-state index in [1.54, 1.807) is 43.8 Å². The second-order valence-electron chi connectivity index (χ2n) is 7.56. The molecule has 176 valence electrons. The number of pyridine rings is 1. The molecule has 0 saturated heterocycles. The lowest BCUT2D eigenvalue weighted by Crippen LogP contribution is -2.22. The number of sulfone groups is 1. The topological polar surface area (TPSA) is 127 Å². The van der Waals surface area contributed by atoms with E-state index in [-0.39, 0.29) is 33.2 Å². The number of benzene rings is 2. The molecular formula is C24H18N4O5S2. The van der Waals surface area contributed by atoms with Crippen molar-refractivity contribution in [1.82, 2.24) is 15.3 Å². The van der Waals surface area contributed by atoms with Crippen molar-refractivity contribution in [3.05, 3.63) is 83.0 Å². The molecule has 0 aliphatic carbocycles. The molecule has 0 saturated carbocycles. The first kappa shape index (κ1) is 22.7. The lowest BCUT2D eigenvalue weighted by Gasteiger charge is -2.10. The fourth-order valence-electron chi connectivity index (χ4n) is 3.60. The molecule has 35 heavy (non-hydrogen) atoms. The van der Waals surface area contributed by atoms with Gasteiger partial charge < -0.3 is 15.4 Å². The third-order valence-corrected chi connectivity index (χ3v) is 8.26. The molecule has 9 nitrogen and oxygen atoms in total. The highest BCUT2D eigenvalue weighted by Gasteiger charge is 2.31. The first-order valence-corrected chi connectivity index (χ1v) is 12.7. The number of ether oxygens (including phenoxy) is 1. The quantitative estimate of drug-likeness (QED) is 0.424. The monoisotopic (exact) mass is 506 g/mol. The molecule has 1 aliphatic heterocycles. The van der Waals surface area contributed by atoms with E-state index < -0.39 is 21.7 Å². The van der Waals surface area contributed by atoms with Crippen LogP contribution in [0.4, 0.5) is 5.69 Å². The summed E-state index contributed by atoms with van der Waals surface area (Å²) in [6.07, 6.45) is 3.27. The molecule has 2 aromatic heterocycles. The molecule has 2 amide bonds. The van der Waals surface area contributed by atoms with Crippen LogP contribution >= 0.6 is 11.3 Å². The van der Waals surface area contributed by atoms with Crippen LogP contribution in [0.2, 0.25) is 0 Å². The van der Waals surface area contributed by atoms with Crippen molar-refractivity contribution < 1.29 is 22.7 Å². The number of amides is 2. The zero-order chi connectivity index (χ0) is 24.6. The molecular weight excluding hydrogens is 488 g/mol. The van der Waals surface area contributed by atoms with Gasteiger partial charge in [-0.05, 0) is 42.5 Å². The van der Waals surface area contributed by atoms with Crippen LogP contribution < -0.4 is 15.4 Å². The molecule has 3 heterocycles. The molecule has 0 fully saturated rings. The summed E-state index contributed by atoms with van der Waals surface area (Å²) in [7, 11) is -2.37. The Kier molecular flexibility index (Phi) is 5.79. The van der Waals surface area contributed by atoms with Crippen molar-refractivity contribution in [2.24, 2.45) is 0 Å². The number of fused-ring (bicyclic) bond motifs is 2. The van der Waals surface area contributed by atoms with Crippen LogP contribution in [0.3, 0.4) is 0 Å². The number of aromatic nitrogens is 2. The second-order valence-corrected chi connectivity index (χ2v) is 10.6. The van der Waals surface area contributed by atoms with Crippen molar-refractivity contribution in [1.29, 1.82) is 0 Å². The van der Waals surface area contributed by atoms with Crippen molar-refractivity contribution in [2.45, 2.75) is 16.3 Å². The van der Waals surface area contributed by atoms with Gasteiger partial charge in [0.15, 0.2) is 0 Å². The van der Waals surface area contributed by atoms with Gasteiger partial charge in [-0.2, -0.15) is 0 Å². The average molecular weight is 507 g/mol. The van der Waals surface area contributed by atoms with Crippen LogP contribution in [0.1, 0.15) is 25.6 Å². The zero-order valence-corrected chi connectivity index (χ0v) is 19.9. The number of nitrogens with zero attached hydrogens (tertiary/aromatic N) is 2. The van der Waals surface area contributed by atoms with Crippen LogP contribution in [0.25, 0.3) is 10.7 Å². The summed E-state index contributed by atoms with van der Waals surface area (Å²) in [5.41, 5.74) is 1.02. The van der Waals surface area contributed by atoms with Gasteiger partial charge in [-0.1, -0.05) is 12.1 Å². The summed E-state index contributed by atoms with van der Waals surface area (Å²) in [4.78, 5) is 34.7. The second kappa shape index (κ2) is 8.93. The third kappa shape index (κ3) is 4.27. The van der Waals surface area contributed by atoms with Gasteiger partial charge in [-0.3, -0.25) is 9.59 Å². The van der Waals surface area contributed by atoms with Crippen molar-refractivity contribution in [3.63, 3.8) is 0 Å². The lowest BCUT2D eigenvalue weighted by atomic mass is 10.1. The number of anilines is 1. The summed E-state index contributed by atoms with van der Waals surface area (Å²) in [5.74, 6) is -0.324. The maximum Gasteiger partial charge on any atom is 0.257 e. The van der Waals surface area contributed by atoms with E-state index in [4.69, 9.17) is 4.74 Å². The standard InChI is InChI=1S/C24H18N4O5S2/c1-33-15-7-8-18(25-11-15)24-27-13-16(34-24)12-26-22(29)14-6-9-21-19(10-14)28-23(30)17-4-2-3-5-20(17)35(21,31)32/h2-11,13H,12H2,1H3,(H,26,29)(H,28,30). The number of carbonyl (C=O) groups is 2. The Bertz CT molecular complexity index is 1560. The number of nitrogens with one attached hydrogen (secondary N) is 2. The fraction of sp³-hybridized carbons (Fsp3) is 0.0833. The highest BCUT2D eigenvalue weighted by molar-refractivity contribution is 7.91. The average Bonchev–Trinajstić information content (AvgIpc) is 3.33. The predicted octanol–water partition coefficient (Wildman–Crippen LogP) is 3.54. The van der Waals surface area contributed by atoms with Crippen LogP contribution in [0.15, 0.2) is 76.8 Å². The number of carbonyl (C=O) groups excluding carboxylic acids is 2. The zero-order valence-electron chi connectivity index (χ0n) is 18.3. The smallest absolute Gasteiger partial charge is 0.257 e. The van der Waals surface area contributed by atoms with Crippen LogP contribution in [-0.4, -0.2) is 37.3 Å². The molecule has 0 unspecified atom stereocenters. The normalized spacial score (nSPS) is 13.7. The Labute approximate surface area is 204 Å². The van der Waals surface area contributed by atoms with E-state index in [9.17, 15) is 18.0 Å². The molecule has 2 aromatic carbocycles. The van der Waals surface area contributed by atoms with E-state index >= 15 is 0 Å². The maximum atomic E-state index is 13.1. The van der Waals surface area contributed by atoms with Gasteiger partial charge in [0, 0.05) is 16.6 Å². The van der Waals surface area contributed by atoms with Gasteiger partial charge in [-0.25, -0.2) is 18.4 Å². The number of methoxy groups -OCH3 is 1. The highest BCUT2D eigenvalue weighted by Crippen LogP contribution is 2.34.